The number of hydrogen-bond acceptors (Lipinski definition) is 4. The highest BCUT2D eigenvalue weighted by Gasteiger charge is 2.33. The number of fused-ring (bicyclic) bond motifs is 2. The van der Waals surface area contributed by atoms with Crippen LogP contribution in [0.15, 0.2) is 10.6 Å². The van der Waals surface area contributed by atoms with E-state index in [-0.39, 0.29) is 0 Å². The predicted molar refractivity (Wildman–Crippen MR) is 59.0 cm³/mol. The third-order valence-electron chi connectivity index (χ3n) is 3.57. The normalized spacial score (nSPS) is 33.2. The Labute approximate surface area is 95.3 Å². The molecule has 1 unspecified atom stereocenters. The Morgan fingerprint density at radius 2 is 2.19 bits per heavy atom. The van der Waals surface area contributed by atoms with Crippen LogP contribution in [0.1, 0.15) is 37.1 Å². The molecule has 1 aromatic rings. The number of rotatable bonds is 3. The van der Waals surface area contributed by atoms with E-state index in [4.69, 9.17) is 9.26 Å². The lowest BCUT2D eigenvalue weighted by molar-refractivity contribution is 0.00668. The van der Waals surface area contributed by atoms with E-state index < -0.39 is 0 Å². The second-order valence-electron chi connectivity index (χ2n) is 4.97. The minimum Gasteiger partial charge on any atom is -0.372 e. The molecular weight excluding hydrogens is 204 g/mol. The Bertz CT molecular complexity index is 352. The number of nitrogens with zero attached hydrogens (tertiary/aromatic N) is 1. The molecule has 2 bridgehead atoms. The molecule has 4 heteroatoms. The molecule has 3 rings (SSSR count). The molecule has 0 spiro atoms. The van der Waals surface area contributed by atoms with Crippen molar-refractivity contribution in [2.75, 3.05) is 0 Å². The summed E-state index contributed by atoms with van der Waals surface area (Å²) in [5.41, 5.74) is 0.906. The molecule has 2 fully saturated rings. The first-order valence-corrected chi connectivity index (χ1v) is 6.09. The van der Waals surface area contributed by atoms with Gasteiger partial charge in [0, 0.05) is 18.2 Å². The fraction of sp³-hybridized carbons (Fsp3) is 0.750. The van der Waals surface area contributed by atoms with E-state index in [1.165, 1.54) is 12.8 Å². The van der Waals surface area contributed by atoms with Crippen molar-refractivity contribution in [2.24, 2.45) is 0 Å². The molecule has 2 aliphatic heterocycles. The first-order chi connectivity index (χ1) is 7.79. The molecule has 3 atom stereocenters. The van der Waals surface area contributed by atoms with Gasteiger partial charge in [0.2, 0.25) is 0 Å². The Morgan fingerprint density at radius 1 is 1.44 bits per heavy atom. The first-order valence-electron chi connectivity index (χ1n) is 6.09. The van der Waals surface area contributed by atoms with Crippen molar-refractivity contribution in [1.29, 1.82) is 0 Å². The van der Waals surface area contributed by atoms with E-state index in [0.29, 0.717) is 24.8 Å². The third-order valence-corrected chi connectivity index (χ3v) is 3.57. The smallest absolute Gasteiger partial charge is 0.134 e. The van der Waals surface area contributed by atoms with E-state index >= 15 is 0 Å². The van der Waals surface area contributed by atoms with Gasteiger partial charge in [-0.05, 0) is 32.6 Å². The molecule has 0 aromatic carbocycles. The monoisotopic (exact) mass is 222 g/mol. The fourth-order valence-corrected chi connectivity index (χ4v) is 2.83. The Balaban J connectivity index is 1.52. The lowest BCUT2D eigenvalue weighted by atomic mass is 10.0. The van der Waals surface area contributed by atoms with Crippen molar-refractivity contribution in [3.63, 3.8) is 0 Å². The van der Waals surface area contributed by atoms with Gasteiger partial charge in [-0.15, -0.1) is 0 Å². The summed E-state index contributed by atoms with van der Waals surface area (Å²) in [6.45, 7) is 2.49. The molecule has 2 saturated heterocycles. The van der Waals surface area contributed by atoms with Gasteiger partial charge < -0.3 is 14.6 Å². The number of nitrogens with one attached hydrogen (secondary N) is 1. The van der Waals surface area contributed by atoms with Crippen LogP contribution < -0.4 is 5.32 Å². The Hall–Kier alpha value is -0.870. The van der Waals surface area contributed by atoms with Gasteiger partial charge >= 0.3 is 0 Å². The van der Waals surface area contributed by atoms with E-state index in [9.17, 15) is 0 Å². The number of hydrogen-bond donors (Lipinski definition) is 1. The number of ether oxygens (including phenoxy) is 1. The largest absolute Gasteiger partial charge is 0.372 e. The lowest BCUT2D eigenvalue weighted by Gasteiger charge is -2.28. The van der Waals surface area contributed by atoms with Crippen molar-refractivity contribution >= 4 is 0 Å². The molecule has 0 aliphatic carbocycles. The number of aryl methyl sites for hydroxylation is 1. The zero-order valence-corrected chi connectivity index (χ0v) is 9.61. The quantitative estimate of drug-likeness (QED) is 0.847. The zero-order valence-electron chi connectivity index (χ0n) is 9.61. The average Bonchev–Trinajstić information content (AvgIpc) is 2.83. The molecule has 1 N–H and O–H groups in total. The summed E-state index contributed by atoms with van der Waals surface area (Å²) in [6, 6.07) is 3.31. The molecule has 4 nitrogen and oxygen atoms in total. The lowest BCUT2D eigenvalue weighted by Crippen LogP contribution is -2.41. The van der Waals surface area contributed by atoms with Crippen molar-refractivity contribution in [2.45, 2.75) is 57.4 Å². The van der Waals surface area contributed by atoms with Crippen molar-refractivity contribution in [1.82, 2.24) is 10.5 Å². The van der Waals surface area contributed by atoms with Crippen LogP contribution in [0.25, 0.3) is 0 Å². The van der Waals surface area contributed by atoms with Gasteiger partial charge in [-0.2, -0.15) is 0 Å². The van der Waals surface area contributed by atoms with Gasteiger partial charge in [-0.25, -0.2) is 0 Å². The molecule has 2 aliphatic rings. The van der Waals surface area contributed by atoms with Gasteiger partial charge in [0.05, 0.1) is 12.7 Å². The number of aromatic nitrogens is 1. The fourth-order valence-electron chi connectivity index (χ4n) is 2.83. The van der Waals surface area contributed by atoms with E-state index in [1.807, 2.05) is 13.0 Å². The molecule has 3 heterocycles. The molecule has 0 saturated carbocycles. The summed E-state index contributed by atoms with van der Waals surface area (Å²) in [4.78, 5) is 0. The second-order valence-corrected chi connectivity index (χ2v) is 4.97. The summed E-state index contributed by atoms with van der Waals surface area (Å²) in [5.74, 6) is 0.851. The van der Waals surface area contributed by atoms with Crippen molar-refractivity contribution < 1.29 is 9.26 Å². The summed E-state index contributed by atoms with van der Waals surface area (Å²) in [7, 11) is 0. The highest BCUT2D eigenvalue weighted by Crippen LogP contribution is 2.28. The van der Waals surface area contributed by atoms with Crippen molar-refractivity contribution in [3.8, 4) is 0 Å². The summed E-state index contributed by atoms with van der Waals surface area (Å²) < 4.78 is 10.9. The SMILES string of the molecule is Cc1cc(COC2C[C@H]3CC[C@@H](C2)N3)no1. The van der Waals surface area contributed by atoms with Crippen LogP contribution in [-0.4, -0.2) is 23.3 Å². The molecule has 88 valence electrons. The van der Waals surface area contributed by atoms with E-state index in [2.05, 4.69) is 10.5 Å². The topological polar surface area (TPSA) is 47.3 Å². The second kappa shape index (κ2) is 4.18. The van der Waals surface area contributed by atoms with Crippen LogP contribution >= 0.6 is 0 Å². The molecule has 0 radical (unpaired) electrons. The standard InChI is InChI=1S/C12H18N2O2/c1-8-4-11(14-16-8)7-15-12-5-9-2-3-10(6-12)13-9/h4,9-10,12-13H,2-3,5-7H2,1H3/t9-,10+,12?. The number of piperidine rings is 1. The third kappa shape index (κ3) is 2.13. The van der Waals surface area contributed by atoms with E-state index in [0.717, 1.165) is 24.3 Å². The minimum atomic E-state index is 0.399. The summed E-state index contributed by atoms with van der Waals surface area (Å²) >= 11 is 0. The van der Waals surface area contributed by atoms with E-state index in [1.54, 1.807) is 0 Å². The molecule has 1 aromatic heterocycles. The first kappa shape index (κ1) is 10.3. The van der Waals surface area contributed by atoms with Gasteiger partial charge in [-0.3, -0.25) is 0 Å². The van der Waals surface area contributed by atoms with Crippen LogP contribution in [0.5, 0.6) is 0 Å². The maximum absolute atomic E-state index is 5.90. The van der Waals surface area contributed by atoms with Gasteiger partial charge in [0.25, 0.3) is 0 Å². The summed E-state index contributed by atoms with van der Waals surface area (Å²) in [5, 5.41) is 7.55. The van der Waals surface area contributed by atoms with Crippen LogP contribution in [0.3, 0.4) is 0 Å². The predicted octanol–water partition coefficient (Wildman–Crippen LogP) is 1.78. The van der Waals surface area contributed by atoms with Gasteiger partial charge in [0.1, 0.15) is 11.5 Å². The van der Waals surface area contributed by atoms with Gasteiger partial charge in [-0.1, -0.05) is 5.16 Å². The zero-order chi connectivity index (χ0) is 11.0. The van der Waals surface area contributed by atoms with Crippen LogP contribution in [0, 0.1) is 6.92 Å². The highest BCUT2D eigenvalue weighted by atomic mass is 16.5. The Kier molecular flexibility index (Phi) is 2.69. The molecule has 16 heavy (non-hydrogen) atoms. The average molecular weight is 222 g/mol. The Morgan fingerprint density at radius 3 is 2.81 bits per heavy atom. The maximum Gasteiger partial charge on any atom is 0.134 e. The van der Waals surface area contributed by atoms with Gasteiger partial charge in [0.15, 0.2) is 0 Å². The van der Waals surface area contributed by atoms with Crippen molar-refractivity contribution in [3.05, 3.63) is 17.5 Å². The minimum absolute atomic E-state index is 0.399. The summed E-state index contributed by atoms with van der Waals surface area (Å²) in [6.07, 6.45) is 5.32. The highest BCUT2D eigenvalue weighted by molar-refractivity contribution is 5.02. The van der Waals surface area contributed by atoms with Crippen LogP contribution in [0.2, 0.25) is 0 Å². The maximum atomic E-state index is 5.90. The van der Waals surface area contributed by atoms with Crippen LogP contribution in [0.4, 0.5) is 0 Å². The molecule has 0 amide bonds. The van der Waals surface area contributed by atoms with Crippen LogP contribution in [-0.2, 0) is 11.3 Å². The molecular formula is C12H18N2O2.